The first-order valence-corrected chi connectivity index (χ1v) is 5.52. The normalized spacial score (nSPS) is 32.2. The lowest BCUT2D eigenvalue weighted by molar-refractivity contribution is -0.153. The van der Waals surface area contributed by atoms with E-state index in [1.165, 1.54) is 11.8 Å². The maximum absolute atomic E-state index is 12.0. The van der Waals surface area contributed by atoms with Gasteiger partial charge in [-0.2, -0.15) is 0 Å². The standard InChI is InChI=1S/C10H17N3O3/c1-6(14)7(11)8(15)13-4-2-3-10(13)5-12-9(10)16/h6-7,14H,2-5,11H2,1H3,(H,12,16)/t6-,7-,10-/m0/s1. The largest absolute Gasteiger partial charge is 0.391 e. The van der Waals surface area contributed by atoms with Crippen molar-refractivity contribution in [3.63, 3.8) is 0 Å². The Labute approximate surface area is 93.8 Å². The third-order valence-corrected chi connectivity index (χ3v) is 3.52. The minimum Gasteiger partial charge on any atom is -0.391 e. The van der Waals surface area contributed by atoms with Gasteiger partial charge in [0.15, 0.2) is 0 Å². The molecule has 2 aliphatic heterocycles. The van der Waals surface area contributed by atoms with Gasteiger partial charge >= 0.3 is 0 Å². The van der Waals surface area contributed by atoms with Crippen molar-refractivity contribution in [1.29, 1.82) is 0 Å². The Hall–Kier alpha value is -1.14. The van der Waals surface area contributed by atoms with Gasteiger partial charge in [0.05, 0.1) is 6.10 Å². The number of rotatable bonds is 2. The number of hydrogen-bond donors (Lipinski definition) is 3. The number of likely N-dealkylation sites (tertiary alicyclic amines) is 1. The molecule has 0 aliphatic carbocycles. The molecule has 2 amide bonds. The molecule has 2 rings (SSSR count). The van der Waals surface area contributed by atoms with E-state index >= 15 is 0 Å². The summed E-state index contributed by atoms with van der Waals surface area (Å²) in [5.74, 6) is -0.432. The first kappa shape index (κ1) is 11.3. The van der Waals surface area contributed by atoms with Gasteiger partial charge in [0.1, 0.15) is 11.6 Å². The van der Waals surface area contributed by atoms with Crippen LogP contribution >= 0.6 is 0 Å². The van der Waals surface area contributed by atoms with E-state index < -0.39 is 17.7 Å². The Morgan fingerprint density at radius 1 is 1.69 bits per heavy atom. The molecule has 0 aromatic rings. The number of β-lactam (4-membered cyclic amide) rings is 1. The van der Waals surface area contributed by atoms with Crippen LogP contribution < -0.4 is 11.1 Å². The van der Waals surface area contributed by atoms with Crippen molar-refractivity contribution in [1.82, 2.24) is 10.2 Å². The number of carbonyl (C=O) groups is 2. The summed E-state index contributed by atoms with van der Waals surface area (Å²) in [5, 5.41) is 12.0. The molecule has 3 atom stereocenters. The quantitative estimate of drug-likeness (QED) is 0.484. The molecule has 2 heterocycles. The molecule has 0 radical (unpaired) electrons. The zero-order chi connectivity index (χ0) is 11.9. The van der Waals surface area contributed by atoms with Gasteiger partial charge in [0.2, 0.25) is 11.8 Å². The lowest BCUT2D eigenvalue weighted by Crippen LogP contribution is -2.73. The first-order chi connectivity index (χ1) is 7.49. The average molecular weight is 227 g/mol. The Morgan fingerprint density at radius 2 is 2.38 bits per heavy atom. The SMILES string of the molecule is C[C@H](O)[C@H](N)C(=O)N1CCC[C@@]12CNC2=O. The summed E-state index contributed by atoms with van der Waals surface area (Å²) in [5.41, 5.74) is 4.94. The molecular formula is C10H17N3O3. The molecule has 1 spiro atoms. The van der Waals surface area contributed by atoms with Gasteiger partial charge in [0.25, 0.3) is 0 Å². The van der Waals surface area contributed by atoms with Crippen molar-refractivity contribution in [3.8, 4) is 0 Å². The van der Waals surface area contributed by atoms with Crippen molar-refractivity contribution in [2.45, 2.75) is 37.5 Å². The van der Waals surface area contributed by atoms with Crippen molar-refractivity contribution in [3.05, 3.63) is 0 Å². The van der Waals surface area contributed by atoms with E-state index in [1.807, 2.05) is 0 Å². The second-order valence-electron chi connectivity index (χ2n) is 4.57. The molecule has 2 aliphatic rings. The number of amides is 2. The number of aliphatic hydroxyl groups is 1. The van der Waals surface area contributed by atoms with Crippen LogP contribution in [0.1, 0.15) is 19.8 Å². The Kier molecular flexibility index (Phi) is 2.63. The molecule has 0 aromatic carbocycles. The molecule has 0 aromatic heterocycles. The fraction of sp³-hybridized carbons (Fsp3) is 0.800. The monoisotopic (exact) mass is 227 g/mol. The van der Waals surface area contributed by atoms with Gasteiger partial charge < -0.3 is 21.1 Å². The van der Waals surface area contributed by atoms with Crippen LogP contribution in [0.2, 0.25) is 0 Å². The summed E-state index contributed by atoms with van der Waals surface area (Å²) in [7, 11) is 0. The maximum atomic E-state index is 12.0. The smallest absolute Gasteiger partial charge is 0.247 e. The van der Waals surface area contributed by atoms with Crippen LogP contribution in [0.15, 0.2) is 0 Å². The van der Waals surface area contributed by atoms with Crippen LogP contribution in [0.3, 0.4) is 0 Å². The fourth-order valence-corrected chi connectivity index (χ4v) is 2.37. The van der Waals surface area contributed by atoms with Gasteiger partial charge in [-0.15, -0.1) is 0 Å². The van der Waals surface area contributed by atoms with Gasteiger partial charge in [-0.25, -0.2) is 0 Å². The predicted octanol–water partition coefficient (Wildman–Crippen LogP) is -1.81. The Morgan fingerprint density at radius 3 is 2.81 bits per heavy atom. The molecule has 4 N–H and O–H groups in total. The summed E-state index contributed by atoms with van der Waals surface area (Å²) >= 11 is 0. The Bertz CT molecular complexity index is 331. The molecule has 16 heavy (non-hydrogen) atoms. The molecule has 0 unspecified atom stereocenters. The third-order valence-electron chi connectivity index (χ3n) is 3.52. The minimum atomic E-state index is -0.941. The summed E-state index contributed by atoms with van der Waals surface area (Å²) < 4.78 is 0. The molecule has 6 nitrogen and oxygen atoms in total. The fourth-order valence-electron chi connectivity index (χ4n) is 2.37. The van der Waals surface area contributed by atoms with Crippen LogP contribution in [-0.2, 0) is 9.59 Å². The molecule has 0 bridgehead atoms. The van der Waals surface area contributed by atoms with Gasteiger partial charge in [0, 0.05) is 13.1 Å². The zero-order valence-electron chi connectivity index (χ0n) is 9.27. The van der Waals surface area contributed by atoms with Crippen LogP contribution in [0.5, 0.6) is 0 Å². The number of nitrogens with one attached hydrogen (secondary N) is 1. The lowest BCUT2D eigenvalue weighted by Gasteiger charge is -2.45. The minimum absolute atomic E-state index is 0.101. The van der Waals surface area contributed by atoms with Gasteiger partial charge in [-0.3, -0.25) is 9.59 Å². The predicted molar refractivity (Wildman–Crippen MR) is 56.3 cm³/mol. The molecule has 0 saturated carbocycles. The molecule has 2 fully saturated rings. The van der Waals surface area contributed by atoms with Crippen LogP contribution in [0, 0.1) is 0 Å². The van der Waals surface area contributed by atoms with Crippen LogP contribution in [-0.4, -0.2) is 52.6 Å². The van der Waals surface area contributed by atoms with Crippen LogP contribution in [0.4, 0.5) is 0 Å². The highest BCUT2D eigenvalue weighted by molar-refractivity contribution is 5.98. The number of carbonyl (C=O) groups excluding carboxylic acids is 2. The summed E-state index contributed by atoms with van der Waals surface area (Å²) in [6.07, 6.45) is 0.608. The molecule has 2 saturated heterocycles. The average Bonchev–Trinajstić information content (AvgIpc) is 2.71. The molecule has 90 valence electrons. The van der Waals surface area contributed by atoms with Crippen molar-refractivity contribution >= 4 is 11.8 Å². The Balaban J connectivity index is 2.15. The van der Waals surface area contributed by atoms with E-state index in [2.05, 4.69) is 5.32 Å². The number of nitrogens with zero attached hydrogens (tertiary/aromatic N) is 1. The number of nitrogens with two attached hydrogens (primary N) is 1. The topological polar surface area (TPSA) is 95.7 Å². The highest BCUT2D eigenvalue weighted by Crippen LogP contribution is 2.34. The second kappa shape index (κ2) is 3.71. The van der Waals surface area contributed by atoms with E-state index in [0.717, 1.165) is 6.42 Å². The highest BCUT2D eigenvalue weighted by atomic mass is 16.3. The first-order valence-electron chi connectivity index (χ1n) is 5.52. The number of hydrogen-bond acceptors (Lipinski definition) is 4. The van der Waals surface area contributed by atoms with Crippen LogP contribution in [0.25, 0.3) is 0 Å². The maximum Gasteiger partial charge on any atom is 0.247 e. The van der Waals surface area contributed by atoms with Crippen molar-refractivity contribution in [2.24, 2.45) is 5.73 Å². The van der Waals surface area contributed by atoms with E-state index in [0.29, 0.717) is 19.5 Å². The van der Waals surface area contributed by atoms with Crippen molar-refractivity contribution < 1.29 is 14.7 Å². The molecule has 6 heteroatoms. The van der Waals surface area contributed by atoms with Crippen molar-refractivity contribution in [2.75, 3.05) is 13.1 Å². The van der Waals surface area contributed by atoms with Gasteiger partial charge in [-0.05, 0) is 19.8 Å². The lowest BCUT2D eigenvalue weighted by atomic mass is 9.87. The summed E-state index contributed by atoms with van der Waals surface area (Å²) in [6, 6.07) is -0.941. The zero-order valence-corrected chi connectivity index (χ0v) is 9.27. The van der Waals surface area contributed by atoms with E-state index in [9.17, 15) is 14.7 Å². The van der Waals surface area contributed by atoms with E-state index in [1.54, 1.807) is 0 Å². The molecular weight excluding hydrogens is 210 g/mol. The van der Waals surface area contributed by atoms with E-state index in [-0.39, 0.29) is 11.8 Å². The summed E-state index contributed by atoms with van der Waals surface area (Å²) in [6.45, 7) is 2.53. The second-order valence-corrected chi connectivity index (χ2v) is 4.57. The highest BCUT2D eigenvalue weighted by Gasteiger charge is 2.56. The van der Waals surface area contributed by atoms with Gasteiger partial charge in [-0.1, -0.05) is 0 Å². The third kappa shape index (κ3) is 1.41. The van der Waals surface area contributed by atoms with E-state index in [4.69, 9.17) is 5.73 Å². The number of aliphatic hydroxyl groups excluding tert-OH is 1. The summed E-state index contributed by atoms with van der Waals surface area (Å²) in [4.78, 5) is 25.1.